The quantitative estimate of drug-likeness (QED) is 0.505. The average Bonchev–Trinajstić information content (AvgIpc) is 1.66. The minimum Gasteiger partial charge on any atom is -0.300 e. The molecule has 2 heteroatoms. The Morgan fingerprint density at radius 1 is 1.75 bits per heavy atom. The highest BCUT2D eigenvalue weighted by atomic mass is 16.1. The summed E-state index contributed by atoms with van der Waals surface area (Å²) in [6.45, 7) is 1.50. The third-order valence-corrected chi connectivity index (χ3v) is 0.724. The van der Waals surface area contributed by atoms with Crippen LogP contribution in [0.3, 0.4) is 0 Å². The second-order valence-corrected chi connectivity index (χ2v) is 1.56. The molecule has 0 aliphatic rings. The molecular weight excluding hydrogens is 104 g/mol. The fraction of sp³-hybridized carbons (Fsp3) is 0.500. The lowest BCUT2D eigenvalue weighted by molar-refractivity contribution is -0.116. The molecule has 0 aromatic carbocycles. The summed E-state index contributed by atoms with van der Waals surface area (Å²) < 4.78 is 0. The van der Waals surface area contributed by atoms with Crippen LogP contribution in [0, 0.1) is 0 Å². The number of carbonyl (C=O) groups excluding carboxylic acids is 2. The fourth-order valence-electron chi connectivity index (χ4n) is 0.334. The molecule has 0 fully saturated rings. The van der Waals surface area contributed by atoms with Crippen LogP contribution in [0.2, 0.25) is 0 Å². The predicted molar refractivity (Wildman–Crippen MR) is 30.2 cm³/mol. The van der Waals surface area contributed by atoms with E-state index in [1.54, 1.807) is 5.94 Å². The van der Waals surface area contributed by atoms with E-state index in [1.807, 2.05) is 0 Å². The lowest BCUT2D eigenvalue weighted by Gasteiger charge is -1.81. The summed E-state index contributed by atoms with van der Waals surface area (Å²) in [5.74, 6) is 1.70. The number of allylic oxidation sites excluding steroid dienone is 1. The Bertz CT molecular complexity index is 118. The monoisotopic (exact) mass is 112 g/mol. The van der Waals surface area contributed by atoms with Gasteiger partial charge < -0.3 is 4.79 Å². The van der Waals surface area contributed by atoms with Crippen molar-refractivity contribution in [2.45, 2.75) is 19.8 Å². The van der Waals surface area contributed by atoms with Crippen molar-refractivity contribution in [1.82, 2.24) is 0 Å². The molecule has 0 aliphatic carbocycles. The van der Waals surface area contributed by atoms with Crippen LogP contribution < -0.4 is 0 Å². The molecule has 0 rings (SSSR count). The molecule has 44 valence electrons. The number of hydrogen-bond donors (Lipinski definition) is 0. The van der Waals surface area contributed by atoms with Gasteiger partial charge in [-0.15, -0.1) is 0 Å². The van der Waals surface area contributed by atoms with Crippen LogP contribution in [0.15, 0.2) is 6.08 Å². The number of rotatable bonds is 3. The molecule has 2 nitrogen and oxygen atoms in total. The predicted octanol–water partition coefficient (Wildman–Crippen LogP) is 0.743. The maximum atomic E-state index is 10.2. The van der Waals surface area contributed by atoms with Gasteiger partial charge >= 0.3 is 0 Å². The van der Waals surface area contributed by atoms with Gasteiger partial charge in [0.1, 0.15) is 11.7 Å². The van der Waals surface area contributed by atoms with Crippen molar-refractivity contribution in [2.24, 2.45) is 0 Å². The van der Waals surface area contributed by atoms with Gasteiger partial charge in [0.15, 0.2) is 0 Å². The second kappa shape index (κ2) is 4.28. The van der Waals surface area contributed by atoms with Gasteiger partial charge in [-0.2, -0.15) is 0 Å². The van der Waals surface area contributed by atoms with Crippen LogP contribution >= 0.6 is 0 Å². The summed E-state index contributed by atoms with van der Waals surface area (Å²) >= 11 is 0. The van der Waals surface area contributed by atoms with E-state index in [4.69, 9.17) is 0 Å². The maximum absolute atomic E-state index is 10.2. The Kier molecular flexibility index (Phi) is 3.81. The maximum Gasteiger partial charge on any atom is 0.130 e. The zero-order valence-corrected chi connectivity index (χ0v) is 4.81. The van der Waals surface area contributed by atoms with Crippen LogP contribution in [0.4, 0.5) is 0 Å². The van der Waals surface area contributed by atoms with Crippen molar-refractivity contribution < 1.29 is 9.59 Å². The standard InChI is InChI=1S/C6H8O2/c1-6(8)4-2-3-5-7/h3H,2,4H2,1H3. The molecule has 0 aromatic rings. The van der Waals surface area contributed by atoms with Crippen LogP contribution in [0.25, 0.3) is 0 Å². The smallest absolute Gasteiger partial charge is 0.130 e. The number of hydrogen-bond acceptors (Lipinski definition) is 2. The summed E-state index contributed by atoms with van der Waals surface area (Å²) in [6, 6.07) is 0. The molecule has 8 heavy (non-hydrogen) atoms. The SMILES string of the molecule is CC(=O)CCC=C=O. The topological polar surface area (TPSA) is 34.1 Å². The number of Topliss-reactive ketones (excluding diaryl/α,β-unsaturated/α-hetero) is 1. The highest BCUT2D eigenvalue weighted by Crippen LogP contribution is 1.87. The summed E-state index contributed by atoms with van der Waals surface area (Å²) in [5, 5.41) is 0. The van der Waals surface area contributed by atoms with Crippen molar-refractivity contribution in [3.8, 4) is 0 Å². The van der Waals surface area contributed by atoms with Crippen LogP contribution in [-0.2, 0) is 9.59 Å². The molecule has 0 aromatic heterocycles. The molecule has 0 unspecified atom stereocenters. The van der Waals surface area contributed by atoms with Gasteiger partial charge in [-0.05, 0) is 13.3 Å². The fourth-order valence-corrected chi connectivity index (χ4v) is 0.334. The van der Waals surface area contributed by atoms with Gasteiger partial charge in [-0.1, -0.05) is 0 Å². The highest BCUT2D eigenvalue weighted by Gasteiger charge is 1.87. The molecule has 0 amide bonds. The third kappa shape index (κ3) is 5.12. The van der Waals surface area contributed by atoms with E-state index < -0.39 is 0 Å². The molecule has 0 saturated heterocycles. The van der Waals surface area contributed by atoms with E-state index in [9.17, 15) is 9.59 Å². The summed E-state index contributed by atoms with van der Waals surface area (Å²) in [5.41, 5.74) is 0. The van der Waals surface area contributed by atoms with Crippen molar-refractivity contribution in [3.63, 3.8) is 0 Å². The van der Waals surface area contributed by atoms with E-state index >= 15 is 0 Å². The van der Waals surface area contributed by atoms with Crippen molar-refractivity contribution in [2.75, 3.05) is 0 Å². The largest absolute Gasteiger partial charge is 0.300 e. The molecule has 0 aliphatic heterocycles. The van der Waals surface area contributed by atoms with Gasteiger partial charge in [-0.25, -0.2) is 4.79 Å². The first-order chi connectivity index (χ1) is 3.77. The Morgan fingerprint density at radius 2 is 2.38 bits per heavy atom. The highest BCUT2D eigenvalue weighted by molar-refractivity contribution is 5.75. The van der Waals surface area contributed by atoms with Gasteiger partial charge in [0, 0.05) is 12.5 Å². The summed E-state index contributed by atoms with van der Waals surface area (Å²) in [7, 11) is 0. The molecular formula is C6H8O2. The van der Waals surface area contributed by atoms with Crippen molar-refractivity contribution in [1.29, 1.82) is 0 Å². The second-order valence-electron chi connectivity index (χ2n) is 1.56. The first-order valence-corrected chi connectivity index (χ1v) is 2.46. The lowest BCUT2D eigenvalue weighted by Crippen LogP contribution is -1.85. The number of ketones is 1. The average molecular weight is 112 g/mol. The van der Waals surface area contributed by atoms with Gasteiger partial charge in [0.05, 0.1) is 0 Å². The Labute approximate surface area is 48.2 Å². The zero-order valence-electron chi connectivity index (χ0n) is 4.81. The lowest BCUT2D eigenvalue weighted by atomic mass is 10.2. The van der Waals surface area contributed by atoms with Crippen molar-refractivity contribution >= 4 is 11.7 Å². The molecule has 0 heterocycles. The molecule has 0 bridgehead atoms. The summed E-state index contributed by atoms with van der Waals surface area (Å²) in [6.07, 6.45) is 2.30. The number of carbonyl (C=O) groups is 1. The van der Waals surface area contributed by atoms with E-state index in [0.717, 1.165) is 0 Å². The van der Waals surface area contributed by atoms with Crippen molar-refractivity contribution in [3.05, 3.63) is 6.08 Å². The Balaban J connectivity index is 3.18. The molecule has 0 atom stereocenters. The Hall–Kier alpha value is -0.880. The minimum atomic E-state index is 0.108. The summed E-state index contributed by atoms with van der Waals surface area (Å²) in [4.78, 5) is 19.7. The third-order valence-electron chi connectivity index (χ3n) is 0.724. The first kappa shape index (κ1) is 7.12. The van der Waals surface area contributed by atoms with E-state index in [-0.39, 0.29) is 5.78 Å². The van der Waals surface area contributed by atoms with E-state index in [0.29, 0.717) is 12.8 Å². The van der Waals surface area contributed by atoms with E-state index in [1.165, 1.54) is 13.0 Å². The van der Waals surface area contributed by atoms with Gasteiger partial charge in [-0.3, -0.25) is 0 Å². The molecule has 0 spiro atoms. The normalized spacial score (nSPS) is 7.62. The molecule has 0 saturated carbocycles. The van der Waals surface area contributed by atoms with Crippen LogP contribution in [-0.4, -0.2) is 11.7 Å². The van der Waals surface area contributed by atoms with Gasteiger partial charge in [0.2, 0.25) is 0 Å². The first-order valence-electron chi connectivity index (χ1n) is 2.46. The van der Waals surface area contributed by atoms with E-state index in [2.05, 4.69) is 0 Å². The zero-order chi connectivity index (χ0) is 6.41. The Morgan fingerprint density at radius 3 is 2.75 bits per heavy atom. The minimum absolute atomic E-state index is 0.108. The van der Waals surface area contributed by atoms with Crippen LogP contribution in [0.5, 0.6) is 0 Å². The van der Waals surface area contributed by atoms with Crippen LogP contribution in [0.1, 0.15) is 19.8 Å². The molecule has 0 radical (unpaired) electrons. The molecule has 0 N–H and O–H groups in total. The van der Waals surface area contributed by atoms with Gasteiger partial charge in [0.25, 0.3) is 0 Å².